The summed E-state index contributed by atoms with van der Waals surface area (Å²) < 4.78 is 44.0. The number of hydrogen-bond acceptors (Lipinski definition) is 5. The Labute approximate surface area is 95.0 Å². The molecule has 0 fully saturated rings. The minimum absolute atomic E-state index is 0.0505. The summed E-state index contributed by atoms with van der Waals surface area (Å²) in [4.78, 5) is 0. The molecule has 0 unspecified atom stereocenters. The number of aromatic nitrogens is 2. The van der Waals surface area contributed by atoms with E-state index >= 15 is 0 Å². The Balaban J connectivity index is 2.29. The molecular formula is C8H12F3N3OS. The molecule has 0 aromatic carbocycles. The molecule has 1 N–H and O–H groups in total. The Hall–Kier alpha value is -0.890. The van der Waals surface area contributed by atoms with Gasteiger partial charge in [0, 0.05) is 18.1 Å². The Morgan fingerprint density at radius 2 is 2.19 bits per heavy atom. The van der Waals surface area contributed by atoms with Crippen molar-refractivity contribution >= 4 is 16.5 Å². The summed E-state index contributed by atoms with van der Waals surface area (Å²) in [7, 11) is 0. The molecule has 0 spiro atoms. The molecule has 0 saturated heterocycles. The van der Waals surface area contributed by atoms with E-state index in [1.807, 2.05) is 6.92 Å². The fourth-order valence-electron chi connectivity index (χ4n) is 0.955. The third-order valence-corrected chi connectivity index (χ3v) is 2.39. The first-order chi connectivity index (χ1) is 7.53. The molecule has 0 bridgehead atoms. The number of halogens is 3. The normalized spacial score (nSPS) is 11.8. The Kier molecular flexibility index (Phi) is 4.94. The predicted octanol–water partition coefficient (Wildman–Crippen LogP) is 2.44. The average Bonchev–Trinajstić information content (AvgIpc) is 2.60. The van der Waals surface area contributed by atoms with Gasteiger partial charge >= 0.3 is 6.18 Å². The van der Waals surface area contributed by atoms with Gasteiger partial charge in [-0.3, -0.25) is 0 Å². The fraction of sp³-hybridized carbons (Fsp3) is 0.750. The van der Waals surface area contributed by atoms with Crippen molar-refractivity contribution in [1.29, 1.82) is 0 Å². The SMILES string of the molecule is CCNc1snnc1COCCC(F)(F)F. The molecule has 1 aromatic heterocycles. The van der Waals surface area contributed by atoms with Crippen molar-refractivity contribution < 1.29 is 17.9 Å². The molecule has 0 aliphatic rings. The van der Waals surface area contributed by atoms with Gasteiger partial charge in [0.2, 0.25) is 0 Å². The van der Waals surface area contributed by atoms with Crippen molar-refractivity contribution in [2.24, 2.45) is 0 Å². The van der Waals surface area contributed by atoms with E-state index in [2.05, 4.69) is 14.9 Å². The molecule has 0 atom stereocenters. The maximum absolute atomic E-state index is 11.8. The molecule has 8 heteroatoms. The van der Waals surface area contributed by atoms with E-state index in [9.17, 15) is 13.2 Å². The zero-order valence-electron chi connectivity index (χ0n) is 8.67. The summed E-state index contributed by atoms with van der Waals surface area (Å²) in [6, 6.07) is 0. The van der Waals surface area contributed by atoms with Gasteiger partial charge in [-0.2, -0.15) is 13.2 Å². The number of nitrogens with zero attached hydrogens (tertiary/aromatic N) is 2. The van der Waals surface area contributed by atoms with Crippen molar-refractivity contribution in [2.45, 2.75) is 26.1 Å². The van der Waals surface area contributed by atoms with E-state index in [1.54, 1.807) is 0 Å². The van der Waals surface area contributed by atoms with Crippen LogP contribution in [0.3, 0.4) is 0 Å². The molecule has 0 saturated carbocycles. The second-order valence-corrected chi connectivity index (χ2v) is 3.75. The van der Waals surface area contributed by atoms with Gasteiger partial charge < -0.3 is 10.1 Å². The van der Waals surface area contributed by atoms with Crippen LogP contribution in [-0.4, -0.2) is 28.9 Å². The van der Waals surface area contributed by atoms with Crippen molar-refractivity contribution in [3.8, 4) is 0 Å². The molecule has 1 heterocycles. The second-order valence-electron chi connectivity index (χ2n) is 3.00. The summed E-state index contributed by atoms with van der Waals surface area (Å²) in [6.45, 7) is 2.31. The maximum Gasteiger partial charge on any atom is 0.391 e. The summed E-state index contributed by atoms with van der Waals surface area (Å²) in [5.41, 5.74) is 0.550. The lowest BCUT2D eigenvalue weighted by Gasteiger charge is -2.06. The molecule has 0 aliphatic carbocycles. The monoisotopic (exact) mass is 255 g/mol. The van der Waals surface area contributed by atoms with E-state index < -0.39 is 12.6 Å². The molecule has 4 nitrogen and oxygen atoms in total. The average molecular weight is 255 g/mol. The highest BCUT2D eigenvalue weighted by molar-refractivity contribution is 7.10. The van der Waals surface area contributed by atoms with E-state index in [4.69, 9.17) is 4.74 Å². The van der Waals surface area contributed by atoms with Gasteiger partial charge in [0.1, 0.15) is 10.7 Å². The van der Waals surface area contributed by atoms with Gasteiger partial charge in [-0.1, -0.05) is 4.49 Å². The van der Waals surface area contributed by atoms with Crippen molar-refractivity contribution in [1.82, 2.24) is 9.59 Å². The first-order valence-electron chi connectivity index (χ1n) is 4.72. The van der Waals surface area contributed by atoms with Crippen LogP contribution in [0.15, 0.2) is 0 Å². The zero-order chi connectivity index (χ0) is 12.0. The van der Waals surface area contributed by atoms with Gasteiger partial charge in [-0.05, 0) is 6.92 Å². The predicted molar refractivity (Wildman–Crippen MR) is 54.4 cm³/mol. The zero-order valence-corrected chi connectivity index (χ0v) is 9.49. The highest BCUT2D eigenvalue weighted by Gasteiger charge is 2.26. The summed E-state index contributed by atoms with van der Waals surface area (Å²) >= 11 is 1.16. The molecule has 0 amide bonds. The molecule has 0 radical (unpaired) electrons. The fourth-order valence-corrected chi connectivity index (χ4v) is 1.59. The molecule has 0 aliphatic heterocycles. The quantitative estimate of drug-likeness (QED) is 0.793. The minimum atomic E-state index is -4.18. The lowest BCUT2D eigenvalue weighted by Crippen LogP contribution is -2.11. The first-order valence-corrected chi connectivity index (χ1v) is 5.50. The Morgan fingerprint density at radius 3 is 2.81 bits per heavy atom. The van der Waals surface area contributed by atoms with E-state index in [-0.39, 0.29) is 13.2 Å². The Bertz CT molecular complexity index is 316. The number of nitrogens with one attached hydrogen (secondary N) is 1. The molecular weight excluding hydrogens is 243 g/mol. The van der Waals surface area contributed by atoms with Gasteiger partial charge in [0.05, 0.1) is 19.6 Å². The highest BCUT2D eigenvalue weighted by atomic mass is 32.1. The van der Waals surface area contributed by atoms with Crippen LogP contribution in [0, 0.1) is 0 Å². The van der Waals surface area contributed by atoms with Gasteiger partial charge in [-0.15, -0.1) is 5.10 Å². The lowest BCUT2D eigenvalue weighted by atomic mass is 10.4. The van der Waals surface area contributed by atoms with Crippen LogP contribution in [0.1, 0.15) is 19.0 Å². The second kappa shape index (κ2) is 6.00. The van der Waals surface area contributed by atoms with Crippen LogP contribution < -0.4 is 5.32 Å². The van der Waals surface area contributed by atoms with Gasteiger partial charge in [0.25, 0.3) is 0 Å². The number of rotatable bonds is 6. The van der Waals surface area contributed by atoms with Crippen molar-refractivity contribution in [2.75, 3.05) is 18.5 Å². The van der Waals surface area contributed by atoms with E-state index in [0.717, 1.165) is 16.5 Å². The first kappa shape index (κ1) is 13.2. The minimum Gasteiger partial charge on any atom is -0.375 e. The molecule has 16 heavy (non-hydrogen) atoms. The maximum atomic E-state index is 11.8. The van der Waals surface area contributed by atoms with E-state index in [0.29, 0.717) is 12.2 Å². The number of anilines is 1. The molecule has 1 aromatic rings. The molecule has 92 valence electrons. The topological polar surface area (TPSA) is 47.0 Å². The molecule has 1 rings (SSSR count). The van der Waals surface area contributed by atoms with E-state index in [1.165, 1.54) is 0 Å². The standard InChI is InChI=1S/C8H12F3N3OS/c1-2-12-7-6(13-14-16-7)5-15-4-3-8(9,10)11/h12H,2-5H2,1H3. The van der Waals surface area contributed by atoms with Crippen LogP contribution >= 0.6 is 11.5 Å². The van der Waals surface area contributed by atoms with Crippen LogP contribution in [0.5, 0.6) is 0 Å². The summed E-state index contributed by atoms with van der Waals surface area (Å²) in [6.07, 6.45) is -5.12. The number of alkyl halides is 3. The number of ether oxygens (including phenoxy) is 1. The van der Waals surface area contributed by atoms with Crippen LogP contribution in [0.2, 0.25) is 0 Å². The van der Waals surface area contributed by atoms with Gasteiger partial charge in [0.15, 0.2) is 0 Å². The smallest absolute Gasteiger partial charge is 0.375 e. The van der Waals surface area contributed by atoms with Crippen molar-refractivity contribution in [3.05, 3.63) is 5.69 Å². The largest absolute Gasteiger partial charge is 0.391 e. The van der Waals surface area contributed by atoms with Crippen LogP contribution in [0.4, 0.5) is 18.2 Å². The highest BCUT2D eigenvalue weighted by Crippen LogP contribution is 2.21. The summed E-state index contributed by atoms with van der Waals surface area (Å²) in [5, 5.41) is 7.52. The lowest BCUT2D eigenvalue weighted by molar-refractivity contribution is -0.146. The Morgan fingerprint density at radius 1 is 1.44 bits per heavy atom. The van der Waals surface area contributed by atoms with Gasteiger partial charge in [-0.25, -0.2) is 0 Å². The number of hydrogen-bond donors (Lipinski definition) is 1. The summed E-state index contributed by atoms with van der Waals surface area (Å²) in [5.74, 6) is 0. The van der Waals surface area contributed by atoms with Crippen LogP contribution in [0.25, 0.3) is 0 Å². The third-order valence-electron chi connectivity index (χ3n) is 1.66. The van der Waals surface area contributed by atoms with Crippen molar-refractivity contribution in [3.63, 3.8) is 0 Å². The van der Waals surface area contributed by atoms with Crippen LogP contribution in [-0.2, 0) is 11.3 Å². The third kappa shape index (κ3) is 4.75.